The average Bonchev–Trinajstić information content (AvgIpc) is 3.41. The highest BCUT2D eigenvalue weighted by Gasteiger charge is 2.33. The summed E-state index contributed by atoms with van der Waals surface area (Å²) in [6, 6.07) is 8.54. The Labute approximate surface area is 170 Å². The summed E-state index contributed by atoms with van der Waals surface area (Å²) >= 11 is 0. The van der Waals surface area contributed by atoms with Crippen LogP contribution in [0.25, 0.3) is 16.7 Å². The van der Waals surface area contributed by atoms with Gasteiger partial charge in [-0.2, -0.15) is 10.1 Å². The number of fused-ring (bicyclic) bond motifs is 2. The number of hydrogen-bond acceptors (Lipinski definition) is 5. The molecule has 4 heterocycles. The van der Waals surface area contributed by atoms with Crippen molar-refractivity contribution in [3.05, 3.63) is 59.9 Å². The molecule has 4 aromatic rings. The number of nitrogens with zero attached hydrogens (tertiary/aromatic N) is 5. The smallest absolute Gasteiger partial charge is 0.280 e. The van der Waals surface area contributed by atoms with Gasteiger partial charge in [0.1, 0.15) is 17.6 Å². The van der Waals surface area contributed by atoms with Crippen LogP contribution in [-0.4, -0.2) is 43.5 Å². The lowest BCUT2D eigenvalue weighted by molar-refractivity contribution is 0.0665. The third-order valence-electron chi connectivity index (χ3n) is 5.85. The van der Waals surface area contributed by atoms with Gasteiger partial charge in [-0.05, 0) is 42.7 Å². The first-order valence-corrected chi connectivity index (χ1v) is 9.76. The van der Waals surface area contributed by atoms with Crippen LogP contribution in [0.15, 0.2) is 47.3 Å². The van der Waals surface area contributed by atoms with E-state index in [9.17, 15) is 13.6 Å². The van der Waals surface area contributed by atoms with Crippen LogP contribution >= 0.6 is 0 Å². The maximum atomic E-state index is 13.4. The number of alkyl halides is 2. The van der Waals surface area contributed by atoms with Crippen LogP contribution in [0.1, 0.15) is 47.4 Å². The number of hydrogen-bond donors (Lipinski definition) is 0. The number of furan rings is 1. The van der Waals surface area contributed by atoms with Crippen LogP contribution in [0.2, 0.25) is 0 Å². The molecule has 1 aromatic carbocycles. The summed E-state index contributed by atoms with van der Waals surface area (Å²) in [4.78, 5) is 22.8. The molecule has 1 aliphatic rings. The Morgan fingerprint density at radius 1 is 1.27 bits per heavy atom. The number of halogens is 2. The molecule has 3 aromatic heterocycles. The monoisotopic (exact) mass is 411 g/mol. The molecule has 0 unspecified atom stereocenters. The van der Waals surface area contributed by atoms with Crippen LogP contribution in [0.5, 0.6) is 0 Å². The van der Waals surface area contributed by atoms with Crippen molar-refractivity contribution in [2.24, 2.45) is 5.92 Å². The van der Waals surface area contributed by atoms with E-state index in [2.05, 4.69) is 22.0 Å². The van der Waals surface area contributed by atoms with E-state index in [1.54, 1.807) is 23.3 Å². The molecule has 1 fully saturated rings. The Hall–Kier alpha value is -3.36. The highest BCUT2D eigenvalue weighted by Crippen LogP contribution is 2.34. The fourth-order valence-corrected chi connectivity index (χ4v) is 4.15. The summed E-state index contributed by atoms with van der Waals surface area (Å²) in [7, 11) is 0. The summed E-state index contributed by atoms with van der Waals surface area (Å²) in [5, 5.41) is 5.03. The molecule has 0 bridgehead atoms. The molecule has 0 radical (unpaired) electrons. The van der Waals surface area contributed by atoms with Gasteiger partial charge < -0.3 is 9.32 Å². The minimum absolute atomic E-state index is 0.0898. The largest absolute Gasteiger partial charge is 0.464 e. The molecule has 154 valence electrons. The first-order valence-electron chi connectivity index (χ1n) is 9.76. The van der Waals surface area contributed by atoms with Crippen LogP contribution in [0.3, 0.4) is 0 Å². The van der Waals surface area contributed by atoms with Gasteiger partial charge >= 0.3 is 0 Å². The Kier molecular flexibility index (Phi) is 4.45. The molecule has 1 aliphatic heterocycles. The van der Waals surface area contributed by atoms with Crippen molar-refractivity contribution in [1.29, 1.82) is 0 Å². The average molecular weight is 411 g/mol. The Balaban J connectivity index is 1.48. The van der Waals surface area contributed by atoms with Gasteiger partial charge in [-0.25, -0.2) is 18.3 Å². The van der Waals surface area contributed by atoms with Gasteiger partial charge in [0.25, 0.3) is 18.1 Å². The van der Waals surface area contributed by atoms with Gasteiger partial charge in [-0.3, -0.25) is 4.79 Å². The van der Waals surface area contributed by atoms with Crippen molar-refractivity contribution in [2.45, 2.75) is 25.7 Å². The van der Waals surface area contributed by atoms with E-state index < -0.39 is 6.43 Å². The summed E-state index contributed by atoms with van der Waals surface area (Å²) in [6.45, 7) is 3.08. The molecule has 7 nitrogen and oxygen atoms in total. The molecule has 2 atom stereocenters. The predicted molar refractivity (Wildman–Crippen MR) is 104 cm³/mol. The minimum atomic E-state index is -2.70. The van der Waals surface area contributed by atoms with Crippen molar-refractivity contribution in [1.82, 2.24) is 24.5 Å². The van der Waals surface area contributed by atoms with Crippen molar-refractivity contribution in [2.75, 3.05) is 13.1 Å². The number of carbonyl (C=O) groups excluding carboxylic acids is 1. The van der Waals surface area contributed by atoms with Crippen LogP contribution < -0.4 is 0 Å². The lowest BCUT2D eigenvalue weighted by Crippen LogP contribution is -2.42. The third-order valence-corrected chi connectivity index (χ3v) is 5.85. The number of aromatic nitrogens is 4. The third kappa shape index (κ3) is 3.10. The number of piperidine rings is 1. The molecule has 1 amide bonds. The maximum absolute atomic E-state index is 13.4. The molecule has 0 spiro atoms. The second kappa shape index (κ2) is 7.16. The Bertz CT molecular complexity index is 1230. The van der Waals surface area contributed by atoms with E-state index in [0.717, 1.165) is 17.4 Å². The number of rotatable bonds is 3. The summed E-state index contributed by atoms with van der Waals surface area (Å²) < 4.78 is 33.6. The lowest BCUT2D eigenvalue weighted by Gasteiger charge is -2.37. The van der Waals surface area contributed by atoms with Crippen molar-refractivity contribution in [3.8, 4) is 0 Å². The number of amides is 1. The highest BCUT2D eigenvalue weighted by atomic mass is 19.3. The summed E-state index contributed by atoms with van der Waals surface area (Å²) in [5.41, 5.74) is 1.57. The SMILES string of the molecule is C[C@H]1CCN(C(=O)c2ccc3occc3c2)C[C@H]1c1cc(C(F)F)nc2ncnn12. The molecule has 0 N–H and O–H groups in total. The zero-order valence-electron chi connectivity index (χ0n) is 16.2. The topological polar surface area (TPSA) is 76.5 Å². The zero-order chi connectivity index (χ0) is 20.8. The molecular formula is C21H19F2N5O2. The number of carbonyl (C=O) groups is 1. The predicted octanol–water partition coefficient (Wildman–Crippen LogP) is 4.07. The lowest BCUT2D eigenvalue weighted by atomic mass is 9.84. The molecular weight excluding hydrogens is 392 g/mol. The zero-order valence-corrected chi connectivity index (χ0v) is 16.2. The minimum Gasteiger partial charge on any atom is -0.464 e. The fourth-order valence-electron chi connectivity index (χ4n) is 4.15. The molecule has 0 aliphatic carbocycles. The standard InChI is InChI=1S/C21H19F2N5O2/c1-12-4-6-27(20(29)14-2-3-18-13(8-14)5-7-30-18)10-15(12)17-9-16(19(22)23)26-21-24-11-25-28(17)21/h2-3,5,7-9,11-12,15,19H,4,6,10H2,1H3/t12-,15+/m0/s1. The maximum Gasteiger partial charge on any atom is 0.280 e. The Morgan fingerprint density at radius 2 is 2.13 bits per heavy atom. The van der Waals surface area contributed by atoms with Gasteiger partial charge in [0.05, 0.1) is 12.0 Å². The second-order valence-corrected chi connectivity index (χ2v) is 7.68. The van der Waals surface area contributed by atoms with E-state index in [1.165, 1.54) is 16.9 Å². The molecule has 30 heavy (non-hydrogen) atoms. The van der Waals surface area contributed by atoms with E-state index in [1.807, 2.05) is 12.1 Å². The van der Waals surface area contributed by atoms with Crippen LogP contribution in [0.4, 0.5) is 8.78 Å². The number of likely N-dealkylation sites (tertiary alicyclic amines) is 1. The normalized spacial score (nSPS) is 19.8. The van der Waals surface area contributed by atoms with Gasteiger partial charge in [-0.1, -0.05) is 6.92 Å². The fraction of sp³-hybridized carbons (Fsp3) is 0.333. The van der Waals surface area contributed by atoms with Crippen molar-refractivity contribution in [3.63, 3.8) is 0 Å². The molecule has 9 heteroatoms. The summed E-state index contributed by atoms with van der Waals surface area (Å²) in [5.74, 6) is 0.0765. The molecule has 0 saturated carbocycles. The van der Waals surface area contributed by atoms with E-state index >= 15 is 0 Å². The first kappa shape index (κ1) is 18.7. The van der Waals surface area contributed by atoms with E-state index in [0.29, 0.717) is 24.3 Å². The second-order valence-electron chi connectivity index (χ2n) is 7.68. The van der Waals surface area contributed by atoms with Gasteiger partial charge in [-0.15, -0.1) is 0 Å². The van der Waals surface area contributed by atoms with E-state index in [-0.39, 0.29) is 29.2 Å². The Morgan fingerprint density at radius 3 is 2.97 bits per heavy atom. The quantitative estimate of drug-likeness (QED) is 0.508. The van der Waals surface area contributed by atoms with Gasteiger partial charge in [0.15, 0.2) is 0 Å². The molecule has 1 saturated heterocycles. The highest BCUT2D eigenvalue weighted by molar-refractivity contribution is 5.97. The van der Waals surface area contributed by atoms with Crippen molar-refractivity contribution >= 4 is 22.7 Å². The summed E-state index contributed by atoms with van der Waals surface area (Å²) in [6.07, 6.45) is 0.943. The van der Waals surface area contributed by atoms with Crippen molar-refractivity contribution < 1.29 is 18.0 Å². The van der Waals surface area contributed by atoms with Gasteiger partial charge in [0, 0.05) is 30.0 Å². The van der Waals surface area contributed by atoms with Crippen LogP contribution in [0, 0.1) is 5.92 Å². The first-order chi connectivity index (χ1) is 14.5. The van der Waals surface area contributed by atoms with E-state index in [4.69, 9.17) is 4.42 Å². The molecule has 5 rings (SSSR count). The van der Waals surface area contributed by atoms with Gasteiger partial charge in [0.2, 0.25) is 0 Å². The van der Waals surface area contributed by atoms with Crippen LogP contribution in [-0.2, 0) is 0 Å². The number of benzene rings is 1.